The number of hydrogen-bond donors (Lipinski definition) is 1. The van der Waals surface area contributed by atoms with Crippen molar-refractivity contribution in [3.63, 3.8) is 0 Å². The van der Waals surface area contributed by atoms with Crippen LogP contribution in [0.4, 0.5) is 0 Å². The Balaban J connectivity index is 1.71. The summed E-state index contributed by atoms with van der Waals surface area (Å²) in [7, 11) is 0. The van der Waals surface area contributed by atoms with Crippen molar-refractivity contribution in [1.29, 1.82) is 0 Å². The normalized spacial score (nSPS) is 20.6. The molecule has 1 saturated heterocycles. The average Bonchev–Trinajstić information content (AvgIpc) is 3.20. The fraction of sp³-hybridized carbons (Fsp3) is 0.318. The molecular formula is C22H25N3O. The molecule has 0 bridgehead atoms. The Kier molecular flexibility index (Phi) is 4.39. The van der Waals surface area contributed by atoms with Gasteiger partial charge in [0.1, 0.15) is 0 Å². The highest BCUT2D eigenvalue weighted by molar-refractivity contribution is 5.63. The lowest BCUT2D eigenvalue weighted by atomic mass is 10.1. The van der Waals surface area contributed by atoms with Crippen molar-refractivity contribution in [1.82, 2.24) is 14.7 Å². The monoisotopic (exact) mass is 347 g/mol. The minimum atomic E-state index is -0.584. The van der Waals surface area contributed by atoms with Gasteiger partial charge in [0.2, 0.25) is 0 Å². The van der Waals surface area contributed by atoms with Gasteiger partial charge in [0.15, 0.2) is 0 Å². The number of rotatable bonds is 4. The van der Waals surface area contributed by atoms with E-state index in [1.54, 1.807) is 0 Å². The van der Waals surface area contributed by atoms with E-state index in [1.165, 1.54) is 11.1 Å². The van der Waals surface area contributed by atoms with E-state index in [1.807, 2.05) is 29.8 Å². The van der Waals surface area contributed by atoms with Crippen LogP contribution in [-0.4, -0.2) is 38.5 Å². The van der Waals surface area contributed by atoms with E-state index in [4.69, 9.17) is 5.10 Å². The van der Waals surface area contributed by atoms with Crippen LogP contribution in [0.25, 0.3) is 16.9 Å². The van der Waals surface area contributed by atoms with Crippen LogP contribution in [-0.2, 0) is 6.54 Å². The third kappa shape index (κ3) is 3.57. The molecule has 134 valence electrons. The zero-order valence-corrected chi connectivity index (χ0v) is 15.4. The van der Waals surface area contributed by atoms with Gasteiger partial charge in [0.05, 0.1) is 17.0 Å². The van der Waals surface area contributed by atoms with Gasteiger partial charge >= 0.3 is 0 Å². The van der Waals surface area contributed by atoms with Crippen LogP contribution in [0, 0.1) is 6.92 Å². The highest BCUT2D eigenvalue weighted by Gasteiger charge is 2.31. The molecule has 2 heterocycles. The number of aliphatic hydroxyl groups is 1. The van der Waals surface area contributed by atoms with Crippen molar-refractivity contribution < 1.29 is 5.11 Å². The molecule has 0 saturated carbocycles. The topological polar surface area (TPSA) is 41.3 Å². The molecule has 4 nitrogen and oxygen atoms in total. The minimum Gasteiger partial charge on any atom is -0.389 e. The van der Waals surface area contributed by atoms with Crippen LogP contribution < -0.4 is 0 Å². The fourth-order valence-electron chi connectivity index (χ4n) is 3.61. The maximum atomic E-state index is 10.3. The van der Waals surface area contributed by atoms with Crippen molar-refractivity contribution in [3.8, 4) is 16.9 Å². The molecule has 1 aromatic heterocycles. The van der Waals surface area contributed by atoms with Crippen molar-refractivity contribution >= 4 is 0 Å². The number of aromatic nitrogens is 2. The molecule has 3 aromatic rings. The van der Waals surface area contributed by atoms with Gasteiger partial charge in [-0.25, -0.2) is 4.68 Å². The molecule has 1 aliphatic rings. The molecule has 0 aliphatic carbocycles. The summed E-state index contributed by atoms with van der Waals surface area (Å²) in [5, 5.41) is 15.2. The Bertz CT molecular complexity index is 882. The van der Waals surface area contributed by atoms with E-state index in [0.717, 1.165) is 36.5 Å². The Morgan fingerprint density at radius 2 is 1.81 bits per heavy atom. The molecular weight excluding hydrogens is 322 g/mol. The number of aryl methyl sites for hydroxylation is 1. The summed E-state index contributed by atoms with van der Waals surface area (Å²) >= 11 is 0. The van der Waals surface area contributed by atoms with Gasteiger partial charge in [-0.1, -0.05) is 48.0 Å². The summed E-state index contributed by atoms with van der Waals surface area (Å²) in [6.45, 7) is 6.43. The highest BCUT2D eigenvalue weighted by atomic mass is 16.3. The second-order valence-corrected chi connectivity index (χ2v) is 7.61. The van der Waals surface area contributed by atoms with E-state index < -0.39 is 5.60 Å². The van der Waals surface area contributed by atoms with Gasteiger partial charge in [0, 0.05) is 37.0 Å². The van der Waals surface area contributed by atoms with Gasteiger partial charge in [-0.05, 0) is 32.4 Å². The molecule has 0 spiro atoms. The minimum absolute atomic E-state index is 0.584. The first kappa shape index (κ1) is 17.0. The Morgan fingerprint density at radius 3 is 2.46 bits per heavy atom. The smallest absolute Gasteiger partial charge is 0.0972 e. The summed E-state index contributed by atoms with van der Waals surface area (Å²) in [6.07, 6.45) is 2.94. The summed E-state index contributed by atoms with van der Waals surface area (Å²) in [5.41, 5.74) is 5.05. The van der Waals surface area contributed by atoms with Gasteiger partial charge < -0.3 is 5.11 Å². The summed E-state index contributed by atoms with van der Waals surface area (Å²) in [6, 6.07) is 18.7. The number of para-hydroxylation sites is 1. The molecule has 0 radical (unpaired) electrons. The number of benzene rings is 2. The SMILES string of the molecule is Cc1ccc(-c2nn(-c3ccccc3)cc2CN2CCC(C)(O)C2)cc1. The van der Waals surface area contributed by atoms with Crippen LogP contribution >= 0.6 is 0 Å². The number of β-amino-alcohol motifs (C(OH)–C–C–N with tert-alkyl or cyclic N) is 1. The van der Waals surface area contributed by atoms with E-state index in [2.05, 4.69) is 54.4 Å². The lowest BCUT2D eigenvalue weighted by Crippen LogP contribution is -2.29. The first-order chi connectivity index (χ1) is 12.5. The number of likely N-dealkylation sites (tertiary alicyclic amines) is 1. The second kappa shape index (κ2) is 6.71. The van der Waals surface area contributed by atoms with Crippen molar-refractivity contribution in [2.45, 2.75) is 32.4 Å². The van der Waals surface area contributed by atoms with Gasteiger partial charge in [-0.2, -0.15) is 5.10 Å². The lowest BCUT2D eigenvalue weighted by Gasteiger charge is -2.18. The summed E-state index contributed by atoms with van der Waals surface area (Å²) in [5.74, 6) is 0. The van der Waals surface area contributed by atoms with E-state index in [9.17, 15) is 5.11 Å². The fourth-order valence-corrected chi connectivity index (χ4v) is 3.61. The van der Waals surface area contributed by atoms with E-state index >= 15 is 0 Å². The third-order valence-corrected chi connectivity index (χ3v) is 5.06. The van der Waals surface area contributed by atoms with Crippen molar-refractivity contribution in [2.75, 3.05) is 13.1 Å². The van der Waals surface area contributed by atoms with Crippen LogP contribution in [0.3, 0.4) is 0 Å². The maximum absolute atomic E-state index is 10.3. The summed E-state index contributed by atoms with van der Waals surface area (Å²) < 4.78 is 1.96. The predicted molar refractivity (Wildman–Crippen MR) is 104 cm³/mol. The molecule has 1 N–H and O–H groups in total. The Hall–Kier alpha value is -2.43. The number of hydrogen-bond acceptors (Lipinski definition) is 3. The maximum Gasteiger partial charge on any atom is 0.0972 e. The predicted octanol–water partition coefficient (Wildman–Crippen LogP) is 3.80. The largest absolute Gasteiger partial charge is 0.389 e. The molecule has 1 unspecified atom stereocenters. The molecule has 1 atom stereocenters. The molecule has 4 heteroatoms. The molecule has 1 aliphatic heterocycles. The van der Waals surface area contributed by atoms with Crippen molar-refractivity contribution in [2.24, 2.45) is 0 Å². The van der Waals surface area contributed by atoms with Crippen LogP contribution in [0.5, 0.6) is 0 Å². The Morgan fingerprint density at radius 1 is 1.08 bits per heavy atom. The molecule has 4 rings (SSSR count). The van der Waals surface area contributed by atoms with Crippen molar-refractivity contribution in [3.05, 3.63) is 71.9 Å². The standard InChI is InChI=1S/C22H25N3O/c1-17-8-10-18(11-9-17)21-19(14-24-13-12-22(2,26)16-24)15-25(23-21)20-6-4-3-5-7-20/h3-11,15,26H,12-14,16H2,1-2H3. The van der Waals surface area contributed by atoms with E-state index in [-0.39, 0.29) is 0 Å². The first-order valence-electron chi connectivity index (χ1n) is 9.16. The molecule has 1 fully saturated rings. The third-order valence-electron chi connectivity index (χ3n) is 5.06. The quantitative estimate of drug-likeness (QED) is 0.780. The summed E-state index contributed by atoms with van der Waals surface area (Å²) in [4.78, 5) is 2.31. The van der Waals surface area contributed by atoms with Gasteiger partial charge in [0.25, 0.3) is 0 Å². The van der Waals surface area contributed by atoms with Crippen LogP contribution in [0.15, 0.2) is 60.8 Å². The zero-order chi connectivity index (χ0) is 18.1. The van der Waals surface area contributed by atoms with Crippen LogP contribution in [0.1, 0.15) is 24.5 Å². The van der Waals surface area contributed by atoms with E-state index in [0.29, 0.717) is 6.54 Å². The molecule has 0 amide bonds. The van der Waals surface area contributed by atoms with Crippen LogP contribution in [0.2, 0.25) is 0 Å². The highest BCUT2D eigenvalue weighted by Crippen LogP contribution is 2.28. The Labute approximate surface area is 154 Å². The zero-order valence-electron chi connectivity index (χ0n) is 15.4. The van der Waals surface area contributed by atoms with Gasteiger partial charge in [-0.3, -0.25) is 4.90 Å². The number of nitrogens with zero attached hydrogens (tertiary/aromatic N) is 3. The molecule has 26 heavy (non-hydrogen) atoms. The van der Waals surface area contributed by atoms with Gasteiger partial charge in [-0.15, -0.1) is 0 Å². The first-order valence-corrected chi connectivity index (χ1v) is 9.16. The lowest BCUT2D eigenvalue weighted by molar-refractivity contribution is 0.0679. The average molecular weight is 347 g/mol. The second-order valence-electron chi connectivity index (χ2n) is 7.61. The molecule has 2 aromatic carbocycles.